The standard InChI is InChI=1S/C21H22F3N3O4S/c22-21(23,24)16-5-4-6-17(13-16)26-20(29)19(28)25-14-15-7-9-18(10-8-15)32(30,31)27-11-2-1-3-12-27/h4-10,13H,1-3,11-12,14H2,(H,25,28)(H,26,29). The van der Waals surface area contributed by atoms with Gasteiger partial charge in [-0.3, -0.25) is 9.59 Å². The monoisotopic (exact) mass is 469 g/mol. The number of anilines is 1. The fourth-order valence-electron chi connectivity index (χ4n) is 3.26. The summed E-state index contributed by atoms with van der Waals surface area (Å²) in [5.41, 5.74) is -0.551. The Balaban J connectivity index is 1.56. The first-order chi connectivity index (χ1) is 15.1. The van der Waals surface area contributed by atoms with Crippen LogP contribution in [0.3, 0.4) is 0 Å². The zero-order valence-corrected chi connectivity index (χ0v) is 17.8. The van der Waals surface area contributed by atoms with Gasteiger partial charge in [0.1, 0.15) is 0 Å². The Morgan fingerprint density at radius 1 is 0.938 bits per heavy atom. The maximum absolute atomic E-state index is 12.7. The molecule has 2 aromatic carbocycles. The van der Waals surface area contributed by atoms with Gasteiger partial charge in [0.15, 0.2) is 0 Å². The van der Waals surface area contributed by atoms with Crippen molar-refractivity contribution in [2.45, 2.75) is 36.9 Å². The maximum Gasteiger partial charge on any atom is 0.416 e. The van der Waals surface area contributed by atoms with Gasteiger partial charge in [-0.25, -0.2) is 8.42 Å². The molecule has 1 aliphatic heterocycles. The molecule has 2 N–H and O–H groups in total. The van der Waals surface area contributed by atoms with E-state index in [1.165, 1.54) is 34.6 Å². The summed E-state index contributed by atoms with van der Waals surface area (Å²) in [5, 5.41) is 4.47. The Morgan fingerprint density at radius 2 is 1.59 bits per heavy atom. The van der Waals surface area contributed by atoms with Crippen LogP contribution in [0.4, 0.5) is 18.9 Å². The van der Waals surface area contributed by atoms with Gasteiger partial charge in [-0.15, -0.1) is 0 Å². The molecule has 0 unspecified atom stereocenters. The number of carbonyl (C=O) groups excluding carboxylic acids is 2. The minimum Gasteiger partial charge on any atom is -0.344 e. The largest absolute Gasteiger partial charge is 0.416 e. The Labute approximate surface area is 183 Å². The zero-order valence-electron chi connectivity index (χ0n) is 17.0. The SMILES string of the molecule is O=C(NCc1ccc(S(=O)(=O)N2CCCCC2)cc1)C(=O)Nc1cccc(C(F)(F)F)c1. The van der Waals surface area contributed by atoms with Gasteiger partial charge in [0.2, 0.25) is 10.0 Å². The van der Waals surface area contributed by atoms with Gasteiger partial charge < -0.3 is 10.6 Å². The predicted octanol–water partition coefficient (Wildman–Crippen LogP) is 3.13. The number of benzene rings is 2. The van der Waals surface area contributed by atoms with Crippen molar-refractivity contribution < 1.29 is 31.2 Å². The van der Waals surface area contributed by atoms with Crippen molar-refractivity contribution in [1.29, 1.82) is 0 Å². The second-order valence-corrected chi connectivity index (χ2v) is 9.26. The molecule has 2 aromatic rings. The number of carbonyl (C=O) groups is 2. The molecule has 0 aromatic heterocycles. The van der Waals surface area contributed by atoms with E-state index < -0.39 is 33.6 Å². The summed E-state index contributed by atoms with van der Waals surface area (Å²) in [7, 11) is -3.57. The highest BCUT2D eigenvalue weighted by Gasteiger charge is 2.30. The Hall–Kier alpha value is -2.92. The van der Waals surface area contributed by atoms with Gasteiger partial charge in [0.25, 0.3) is 0 Å². The summed E-state index contributed by atoms with van der Waals surface area (Å²) in [5.74, 6) is -2.15. The molecular formula is C21H22F3N3O4S. The normalized spacial score (nSPS) is 15.2. The highest BCUT2D eigenvalue weighted by atomic mass is 32.2. The van der Waals surface area contributed by atoms with E-state index in [0.29, 0.717) is 18.7 Å². The smallest absolute Gasteiger partial charge is 0.344 e. The van der Waals surface area contributed by atoms with Crippen LogP contribution < -0.4 is 10.6 Å². The van der Waals surface area contributed by atoms with Crippen molar-refractivity contribution in [3.05, 3.63) is 59.7 Å². The van der Waals surface area contributed by atoms with Gasteiger partial charge in [-0.05, 0) is 48.7 Å². The van der Waals surface area contributed by atoms with Crippen molar-refractivity contribution in [1.82, 2.24) is 9.62 Å². The average Bonchev–Trinajstić information content (AvgIpc) is 2.78. The Kier molecular flexibility index (Phi) is 7.19. The van der Waals surface area contributed by atoms with Crippen LogP contribution in [0.1, 0.15) is 30.4 Å². The molecule has 11 heteroatoms. The predicted molar refractivity (Wildman–Crippen MR) is 111 cm³/mol. The van der Waals surface area contributed by atoms with Crippen molar-refractivity contribution in [3.63, 3.8) is 0 Å². The lowest BCUT2D eigenvalue weighted by atomic mass is 10.2. The van der Waals surface area contributed by atoms with Gasteiger partial charge in [-0.2, -0.15) is 17.5 Å². The molecule has 1 saturated heterocycles. The number of amides is 2. The molecule has 7 nitrogen and oxygen atoms in total. The summed E-state index contributed by atoms with van der Waals surface area (Å²) >= 11 is 0. The summed E-state index contributed by atoms with van der Waals surface area (Å²) < 4.78 is 65.0. The van der Waals surface area contributed by atoms with Crippen LogP contribution in [0, 0.1) is 0 Å². The van der Waals surface area contributed by atoms with Crippen LogP contribution in [0.5, 0.6) is 0 Å². The number of sulfonamides is 1. The van der Waals surface area contributed by atoms with E-state index in [1.54, 1.807) is 0 Å². The highest BCUT2D eigenvalue weighted by molar-refractivity contribution is 7.89. The van der Waals surface area contributed by atoms with E-state index in [2.05, 4.69) is 10.6 Å². The number of nitrogens with one attached hydrogen (secondary N) is 2. The average molecular weight is 469 g/mol. The molecular weight excluding hydrogens is 447 g/mol. The van der Waals surface area contributed by atoms with E-state index in [4.69, 9.17) is 0 Å². The quantitative estimate of drug-likeness (QED) is 0.658. The molecule has 2 amide bonds. The van der Waals surface area contributed by atoms with Crippen molar-refractivity contribution >= 4 is 27.5 Å². The number of rotatable bonds is 5. The molecule has 172 valence electrons. The van der Waals surface area contributed by atoms with Gasteiger partial charge >= 0.3 is 18.0 Å². The number of hydrogen-bond donors (Lipinski definition) is 2. The third-order valence-corrected chi connectivity index (χ3v) is 6.90. The lowest BCUT2D eigenvalue weighted by Crippen LogP contribution is -2.35. The van der Waals surface area contributed by atoms with Crippen LogP contribution in [0.25, 0.3) is 0 Å². The first-order valence-electron chi connectivity index (χ1n) is 9.93. The molecule has 1 aliphatic rings. The lowest BCUT2D eigenvalue weighted by molar-refractivity contribution is -0.137. The minimum absolute atomic E-state index is 0.0567. The number of piperidine rings is 1. The maximum atomic E-state index is 12.7. The molecule has 0 aliphatic carbocycles. The van der Waals surface area contributed by atoms with E-state index in [0.717, 1.165) is 37.5 Å². The van der Waals surface area contributed by atoms with Crippen LogP contribution in [0.15, 0.2) is 53.4 Å². The van der Waals surface area contributed by atoms with Crippen LogP contribution in [-0.2, 0) is 32.3 Å². The topological polar surface area (TPSA) is 95.6 Å². The van der Waals surface area contributed by atoms with E-state index in [-0.39, 0.29) is 17.1 Å². The van der Waals surface area contributed by atoms with E-state index in [9.17, 15) is 31.2 Å². The van der Waals surface area contributed by atoms with E-state index in [1.807, 2.05) is 0 Å². The molecule has 0 radical (unpaired) electrons. The first-order valence-corrected chi connectivity index (χ1v) is 11.4. The molecule has 1 heterocycles. The molecule has 0 bridgehead atoms. The molecule has 32 heavy (non-hydrogen) atoms. The fourth-order valence-corrected chi connectivity index (χ4v) is 4.77. The van der Waals surface area contributed by atoms with Crippen molar-refractivity contribution in [2.75, 3.05) is 18.4 Å². The number of nitrogens with zero attached hydrogens (tertiary/aromatic N) is 1. The van der Waals surface area contributed by atoms with E-state index >= 15 is 0 Å². The third kappa shape index (κ3) is 5.86. The second-order valence-electron chi connectivity index (χ2n) is 7.32. The molecule has 0 saturated carbocycles. The van der Waals surface area contributed by atoms with Crippen LogP contribution >= 0.6 is 0 Å². The van der Waals surface area contributed by atoms with Gasteiger partial charge in [-0.1, -0.05) is 24.6 Å². The highest BCUT2D eigenvalue weighted by Crippen LogP contribution is 2.30. The van der Waals surface area contributed by atoms with Crippen molar-refractivity contribution in [2.24, 2.45) is 0 Å². The lowest BCUT2D eigenvalue weighted by Gasteiger charge is -2.25. The number of halogens is 3. The Bertz CT molecular complexity index is 1080. The van der Waals surface area contributed by atoms with Crippen LogP contribution in [0.2, 0.25) is 0 Å². The van der Waals surface area contributed by atoms with Crippen LogP contribution in [-0.4, -0.2) is 37.6 Å². The summed E-state index contributed by atoms with van der Waals surface area (Å²) in [6.07, 6.45) is -1.92. The first kappa shape index (κ1) is 23.7. The summed E-state index contributed by atoms with van der Waals surface area (Å²) in [4.78, 5) is 24.1. The van der Waals surface area contributed by atoms with Gasteiger partial charge in [0, 0.05) is 25.3 Å². The minimum atomic E-state index is -4.57. The third-order valence-electron chi connectivity index (χ3n) is 4.98. The summed E-state index contributed by atoms with van der Waals surface area (Å²) in [6.45, 7) is 0.918. The zero-order chi connectivity index (χ0) is 23.4. The Morgan fingerprint density at radius 3 is 2.22 bits per heavy atom. The second kappa shape index (κ2) is 9.70. The molecule has 0 atom stereocenters. The number of alkyl halides is 3. The van der Waals surface area contributed by atoms with Gasteiger partial charge in [0.05, 0.1) is 10.5 Å². The molecule has 0 spiro atoms. The molecule has 1 fully saturated rings. The molecule has 3 rings (SSSR count). The van der Waals surface area contributed by atoms with Crippen molar-refractivity contribution in [3.8, 4) is 0 Å². The number of hydrogen-bond acceptors (Lipinski definition) is 4. The fraction of sp³-hybridized carbons (Fsp3) is 0.333. The summed E-state index contributed by atoms with van der Waals surface area (Å²) in [6, 6.07) is 9.88.